The first kappa shape index (κ1) is 23.0. The van der Waals surface area contributed by atoms with Crippen molar-refractivity contribution in [1.29, 1.82) is 0 Å². The standard InChI is InChI=1S/C20H17F3N6O2S2/c1-12(18-24-15-5-3-4-6-16(15)33-18)28(2)17(30)11-32-19-25-26-27-29(19)13-7-9-14(10-8-13)31-20(21,22)23/h3-10,12H,11H2,1-2H3/t12-/m1/s1. The van der Waals surface area contributed by atoms with E-state index in [1.807, 2.05) is 31.2 Å². The first-order valence-electron chi connectivity index (χ1n) is 9.60. The molecule has 8 nitrogen and oxygen atoms in total. The van der Waals surface area contributed by atoms with Crippen LogP contribution < -0.4 is 4.74 Å². The molecule has 0 unspecified atom stereocenters. The maximum Gasteiger partial charge on any atom is 0.573 e. The summed E-state index contributed by atoms with van der Waals surface area (Å²) in [7, 11) is 1.71. The van der Waals surface area contributed by atoms with E-state index < -0.39 is 6.36 Å². The van der Waals surface area contributed by atoms with Crippen LogP contribution in [0.25, 0.3) is 15.9 Å². The topological polar surface area (TPSA) is 86.0 Å². The van der Waals surface area contributed by atoms with E-state index in [2.05, 4.69) is 25.2 Å². The predicted molar refractivity (Wildman–Crippen MR) is 117 cm³/mol. The minimum absolute atomic E-state index is 0.0708. The molecule has 0 saturated carbocycles. The molecule has 4 aromatic rings. The molecule has 0 aliphatic rings. The Balaban J connectivity index is 1.40. The summed E-state index contributed by atoms with van der Waals surface area (Å²) in [4.78, 5) is 19.0. The van der Waals surface area contributed by atoms with Crippen molar-refractivity contribution in [3.63, 3.8) is 0 Å². The minimum atomic E-state index is -4.77. The third kappa shape index (κ3) is 5.42. The van der Waals surface area contributed by atoms with Crippen LogP contribution in [0.1, 0.15) is 18.0 Å². The number of fused-ring (bicyclic) bond motifs is 1. The van der Waals surface area contributed by atoms with Gasteiger partial charge < -0.3 is 9.64 Å². The molecule has 0 aliphatic carbocycles. The van der Waals surface area contributed by atoms with Crippen molar-refractivity contribution < 1.29 is 22.7 Å². The highest BCUT2D eigenvalue weighted by molar-refractivity contribution is 7.99. The van der Waals surface area contributed by atoms with E-state index in [4.69, 9.17) is 0 Å². The fourth-order valence-corrected chi connectivity index (χ4v) is 4.78. The van der Waals surface area contributed by atoms with E-state index >= 15 is 0 Å². The fraction of sp³-hybridized carbons (Fsp3) is 0.250. The number of amides is 1. The lowest BCUT2D eigenvalue weighted by Gasteiger charge is -2.23. The summed E-state index contributed by atoms with van der Waals surface area (Å²) in [6.07, 6.45) is -4.77. The number of nitrogens with zero attached hydrogens (tertiary/aromatic N) is 6. The van der Waals surface area contributed by atoms with Crippen LogP contribution in [0.5, 0.6) is 5.75 Å². The number of alkyl halides is 3. The average Bonchev–Trinajstić information content (AvgIpc) is 3.42. The van der Waals surface area contributed by atoms with Crippen LogP contribution in [0.4, 0.5) is 13.2 Å². The average molecular weight is 495 g/mol. The molecule has 33 heavy (non-hydrogen) atoms. The van der Waals surface area contributed by atoms with Gasteiger partial charge in [-0.05, 0) is 53.7 Å². The number of hydrogen-bond acceptors (Lipinski definition) is 8. The van der Waals surface area contributed by atoms with Crippen molar-refractivity contribution in [2.24, 2.45) is 0 Å². The van der Waals surface area contributed by atoms with E-state index in [0.717, 1.165) is 39.1 Å². The summed E-state index contributed by atoms with van der Waals surface area (Å²) in [6, 6.07) is 12.7. The Morgan fingerprint density at radius 3 is 2.64 bits per heavy atom. The van der Waals surface area contributed by atoms with Crippen LogP contribution in [0.15, 0.2) is 53.7 Å². The van der Waals surface area contributed by atoms with E-state index in [0.29, 0.717) is 10.8 Å². The Bertz CT molecular complexity index is 1230. The number of para-hydroxylation sites is 1. The number of ether oxygens (including phenoxy) is 1. The summed E-state index contributed by atoms with van der Waals surface area (Å²) in [5.74, 6) is -0.425. The second kappa shape index (κ2) is 9.35. The highest BCUT2D eigenvalue weighted by Crippen LogP contribution is 2.30. The molecule has 0 bridgehead atoms. The van der Waals surface area contributed by atoms with Crippen LogP contribution >= 0.6 is 23.1 Å². The van der Waals surface area contributed by atoms with Crippen LogP contribution in [0.3, 0.4) is 0 Å². The second-order valence-electron chi connectivity index (χ2n) is 6.90. The summed E-state index contributed by atoms with van der Waals surface area (Å²) in [5, 5.41) is 12.5. The molecule has 2 heterocycles. The number of aromatic nitrogens is 5. The van der Waals surface area contributed by atoms with Crippen molar-refractivity contribution >= 4 is 39.2 Å². The number of carbonyl (C=O) groups excluding carboxylic acids is 1. The first-order chi connectivity index (χ1) is 15.7. The number of hydrogen-bond donors (Lipinski definition) is 0. The fourth-order valence-electron chi connectivity index (χ4n) is 2.90. The summed E-state index contributed by atoms with van der Waals surface area (Å²) in [5.41, 5.74) is 1.33. The molecule has 0 fully saturated rings. The van der Waals surface area contributed by atoms with Gasteiger partial charge in [0, 0.05) is 7.05 Å². The molecule has 1 atom stereocenters. The van der Waals surface area contributed by atoms with Crippen molar-refractivity contribution in [2.45, 2.75) is 24.5 Å². The van der Waals surface area contributed by atoms with Gasteiger partial charge in [0.25, 0.3) is 0 Å². The maximum absolute atomic E-state index is 12.8. The molecule has 0 saturated heterocycles. The van der Waals surface area contributed by atoms with E-state index in [1.165, 1.54) is 16.8 Å². The number of tetrazole rings is 1. The quantitative estimate of drug-likeness (QED) is 0.350. The van der Waals surface area contributed by atoms with Crippen LogP contribution in [0, 0.1) is 0 Å². The van der Waals surface area contributed by atoms with Gasteiger partial charge in [0.1, 0.15) is 10.8 Å². The molecule has 2 aromatic carbocycles. The van der Waals surface area contributed by atoms with Crippen LogP contribution in [-0.2, 0) is 4.79 Å². The molecule has 1 amide bonds. The van der Waals surface area contributed by atoms with Gasteiger partial charge in [0.2, 0.25) is 11.1 Å². The van der Waals surface area contributed by atoms with Crippen molar-refractivity contribution in [3.8, 4) is 11.4 Å². The number of benzene rings is 2. The highest BCUT2D eigenvalue weighted by Gasteiger charge is 2.31. The lowest BCUT2D eigenvalue weighted by molar-refractivity contribution is -0.274. The van der Waals surface area contributed by atoms with Crippen molar-refractivity contribution in [2.75, 3.05) is 12.8 Å². The third-order valence-electron chi connectivity index (χ3n) is 4.72. The molecule has 172 valence electrons. The smallest absolute Gasteiger partial charge is 0.406 e. The lowest BCUT2D eigenvalue weighted by Crippen LogP contribution is -2.31. The van der Waals surface area contributed by atoms with Gasteiger partial charge >= 0.3 is 6.36 Å². The summed E-state index contributed by atoms with van der Waals surface area (Å²) in [6.45, 7) is 1.91. The summed E-state index contributed by atoms with van der Waals surface area (Å²) < 4.78 is 43.3. The Hall–Kier alpha value is -3.19. The molecule has 0 radical (unpaired) electrons. The van der Waals surface area contributed by atoms with Gasteiger partial charge in [-0.2, -0.15) is 4.68 Å². The van der Waals surface area contributed by atoms with E-state index in [-0.39, 0.29) is 23.5 Å². The normalized spacial score (nSPS) is 12.6. The molecule has 0 N–H and O–H groups in total. The number of thiazole rings is 1. The van der Waals surface area contributed by atoms with Crippen LogP contribution in [-0.4, -0.2) is 55.2 Å². The van der Waals surface area contributed by atoms with E-state index in [1.54, 1.807) is 23.3 Å². The van der Waals surface area contributed by atoms with Crippen molar-refractivity contribution in [1.82, 2.24) is 30.1 Å². The van der Waals surface area contributed by atoms with E-state index in [9.17, 15) is 18.0 Å². The highest BCUT2D eigenvalue weighted by atomic mass is 32.2. The van der Waals surface area contributed by atoms with Gasteiger partial charge in [-0.1, -0.05) is 23.9 Å². The molecule has 0 spiro atoms. The molecular formula is C20H17F3N6O2S2. The first-order valence-corrected chi connectivity index (χ1v) is 11.4. The molecule has 13 heteroatoms. The zero-order valence-electron chi connectivity index (χ0n) is 17.4. The zero-order valence-corrected chi connectivity index (χ0v) is 19.0. The third-order valence-corrected chi connectivity index (χ3v) is 6.83. The van der Waals surface area contributed by atoms with Gasteiger partial charge in [0.15, 0.2) is 0 Å². The Morgan fingerprint density at radius 2 is 1.94 bits per heavy atom. The van der Waals surface area contributed by atoms with Crippen LogP contribution in [0.2, 0.25) is 0 Å². The Kier molecular flexibility index (Phi) is 6.51. The number of carbonyl (C=O) groups is 1. The second-order valence-corrected chi connectivity index (χ2v) is 8.91. The Morgan fingerprint density at radius 1 is 1.21 bits per heavy atom. The number of thioether (sulfide) groups is 1. The van der Waals surface area contributed by atoms with Gasteiger partial charge in [0.05, 0.1) is 27.7 Å². The minimum Gasteiger partial charge on any atom is -0.406 e. The van der Waals surface area contributed by atoms with Gasteiger partial charge in [-0.3, -0.25) is 4.79 Å². The molecule has 4 rings (SSSR count). The SMILES string of the molecule is C[C@H](c1nc2ccccc2s1)N(C)C(=O)CSc1nnnn1-c1ccc(OC(F)(F)F)cc1. The Labute approximate surface area is 194 Å². The van der Waals surface area contributed by atoms with Gasteiger partial charge in [-0.15, -0.1) is 29.6 Å². The van der Waals surface area contributed by atoms with Crippen molar-refractivity contribution in [3.05, 3.63) is 53.5 Å². The predicted octanol–water partition coefficient (Wildman–Crippen LogP) is 4.48. The number of halogens is 3. The molecule has 2 aromatic heterocycles. The largest absolute Gasteiger partial charge is 0.573 e. The number of rotatable bonds is 7. The monoisotopic (exact) mass is 494 g/mol. The van der Waals surface area contributed by atoms with Gasteiger partial charge in [-0.25, -0.2) is 4.98 Å². The zero-order chi connectivity index (χ0) is 23.6. The maximum atomic E-state index is 12.8. The molecule has 0 aliphatic heterocycles. The lowest BCUT2D eigenvalue weighted by atomic mass is 10.3. The molecular weight excluding hydrogens is 477 g/mol. The summed E-state index contributed by atoms with van der Waals surface area (Å²) >= 11 is 2.67.